The summed E-state index contributed by atoms with van der Waals surface area (Å²) in [7, 11) is 0. The van der Waals surface area contributed by atoms with Gasteiger partial charge in [0.1, 0.15) is 0 Å². The quantitative estimate of drug-likeness (QED) is 0.0900. The Balaban J connectivity index is 0.475. The zero-order valence-corrected chi connectivity index (χ0v) is 75.5. The van der Waals surface area contributed by atoms with E-state index in [-0.39, 0.29) is 0 Å². The van der Waals surface area contributed by atoms with Crippen LogP contribution in [-0.4, -0.2) is 4.57 Å². The molecule has 0 aliphatic heterocycles. The second-order valence-corrected chi connectivity index (χ2v) is 38.4. The number of anilines is 6. The van der Waals surface area contributed by atoms with Crippen molar-refractivity contribution in [3.8, 4) is 117 Å². The van der Waals surface area contributed by atoms with E-state index in [4.69, 9.17) is 0 Å². The van der Waals surface area contributed by atoms with Gasteiger partial charge in [-0.3, -0.25) is 0 Å². The number of hydrogen-bond acceptors (Lipinski definition) is 5. The molecule has 0 fully saturated rings. The van der Waals surface area contributed by atoms with Crippen LogP contribution in [-0.2, 0) is 6.42 Å². The lowest BCUT2D eigenvalue weighted by molar-refractivity contribution is 1.01. The fourth-order valence-electron chi connectivity index (χ4n) is 20.7. The van der Waals surface area contributed by atoms with Crippen LogP contribution in [0.1, 0.15) is 16.9 Å². The van der Waals surface area contributed by atoms with E-state index in [0.717, 1.165) is 74.9 Å². The van der Waals surface area contributed by atoms with Crippen LogP contribution in [0.5, 0.6) is 0 Å². The van der Waals surface area contributed by atoms with Crippen LogP contribution >= 0.6 is 34.0 Å². The Kier molecular flexibility index (Phi) is 19.4. The Morgan fingerprint density at radius 1 is 0.201 bits per heavy atom. The van der Waals surface area contributed by atoms with Crippen LogP contribution in [0.15, 0.2) is 473 Å². The number of para-hydroxylation sites is 3. The Hall–Kier alpha value is -16.3. The fourth-order valence-corrected chi connectivity index (χ4v) is 24.5. The summed E-state index contributed by atoms with van der Waals surface area (Å²) in [6, 6.07) is 174. The summed E-state index contributed by atoms with van der Waals surface area (Å²) in [4.78, 5) is 6.19. The lowest BCUT2D eigenvalue weighted by Crippen LogP contribution is -2.09. The van der Waals surface area contributed by atoms with Gasteiger partial charge in [-0.2, -0.15) is 0 Å². The number of hydrogen-bond donors (Lipinski definition) is 0. The molecular weight excluding hydrogens is 1680 g/mol. The highest BCUT2D eigenvalue weighted by Gasteiger charge is 2.24. The molecular formula is C128H83N3S3. The largest absolute Gasteiger partial charge is 0.311 e. The lowest BCUT2D eigenvalue weighted by atomic mass is 9.95. The van der Waals surface area contributed by atoms with E-state index < -0.39 is 0 Å². The summed E-state index contributed by atoms with van der Waals surface area (Å²) < 4.78 is 8.98. The predicted molar refractivity (Wildman–Crippen MR) is 578 cm³/mol. The van der Waals surface area contributed by atoms with Gasteiger partial charge < -0.3 is 14.4 Å². The molecule has 0 amide bonds. The molecule has 0 N–H and O–H groups in total. The maximum atomic E-state index is 2.42. The van der Waals surface area contributed by atoms with Crippen LogP contribution in [0.3, 0.4) is 0 Å². The molecule has 26 rings (SSSR count). The number of fused-ring (bicyclic) bond motifs is 14. The van der Waals surface area contributed by atoms with Crippen molar-refractivity contribution in [3.05, 3.63) is 484 Å². The molecule has 3 nitrogen and oxygen atoms in total. The standard InChI is InChI=1S/C128H83N3S3/c1-2-19-91-78-96(45-42-82(91)18-1)94-22-13-20-92(76-94)85-52-65-103(66-53-85)129(102-63-50-84(51-64-102)83-40-43-87(44-41-83)108-24-3-8-35-120(108)131-121-36-9-4-25-112(121)113-26-5-10-37-122(113)131)105-73-60-90(61-74-105)111-31-17-34-118-119-81-101(62-75-125(119)134-128(111)118)100-49-48-98-79-97(46-47-99(98)80-100)95-23-14-21-93(77-95)86-54-67-104(68-55-86)130(106-69-56-88(57-70-106)109-29-15-32-116-114-27-6-11-38-123(114)132-126(109)116)107-71-58-89(59-72-107)110-30-16-33-117-115-28-7-12-39-124(115)133-127(110)117/h1-6,8-27,29-81H,7,28H2. The van der Waals surface area contributed by atoms with E-state index in [1.54, 1.807) is 0 Å². The number of allylic oxidation sites excluding steroid dienone is 1. The molecule has 0 radical (unpaired) electrons. The Morgan fingerprint density at radius 3 is 1.04 bits per heavy atom. The summed E-state index contributed by atoms with van der Waals surface area (Å²) in [5, 5.41) is 14.0. The third-order valence-electron chi connectivity index (χ3n) is 27.5. The van der Waals surface area contributed by atoms with Crippen molar-refractivity contribution in [1.29, 1.82) is 0 Å². The molecule has 1 aliphatic rings. The summed E-state index contributed by atoms with van der Waals surface area (Å²) >= 11 is 5.69. The van der Waals surface area contributed by atoms with E-state index in [9.17, 15) is 0 Å². The highest BCUT2D eigenvalue weighted by Crippen LogP contribution is 2.50. The van der Waals surface area contributed by atoms with Gasteiger partial charge in [0.05, 0.1) is 16.7 Å². The van der Waals surface area contributed by atoms with Crippen LogP contribution in [0.25, 0.3) is 217 Å². The minimum absolute atomic E-state index is 1.07. The molecule has 6 heteroatoms. The Morgan fingerprint density at radius 2 is 0.522 bits per heavy atom. The van der Waals surface area contributed by atoms with Crippen molar-refractivity contribution < 1.29 is 0 Å². The molecule has 0 saturated heterocycles. The van der Waals surface area contributed by atoms with E-state index >= 15 is 0 Å². The summed E-state index contributed by atoms with van der Waals surface area (Å²) in [5.41, 5.74) is 35.5. The van der Waals surface area contributed by atoms with Crippen LogP contribution in [0.4, 0.5) is 34.1 Å². The van der Waals surface area contributed by atoms with Gasteiger partial charge in [-0.15, -0.1) is 34.0 Å². The minimum atomic E-state index is 1.07. The molecule has 0 saturated carbocycles. The van der Waals surface area contributed by atoms with E-state index in [1.165, 1.54) is 193 Å². The summed E-state index contributed by atoms with van der Waals surface area (Å²) in [6.45, 7) is 0. The second kappa shape index (κ2) is 33.0. The number of rotatable bonds is 17. The van der Waals surface area contributed by atoms with Crippen LogP contribution in [0.2, 0.25) is 0 Å². The third kappa shape index (κ3) is 14.0. The Labute approximate surface area is 789 Å². The van der Waals surface area contributed by atoms with Crippen molar-refractivity contribution in [2.75, 3.05) is 9.80 Å². The van der Waals surface area contributed by atoms with Gasteiger partial charge >= 0.3 is 0 Å². The SMILES string of the molecule is C1=Cc2sc3c(-c4ccc(N(c5ccc(-c6cccc(-c7ccc8cc(-c9ccc%10sc%11c(-c%12ccc(N(c%13ccc(-c%14ccc(-c%15ccccc%15-n%15c%16ccccc%16c%16ccccc%16%15)cc%14)cc%13)c%13ccc(-c%14cccc(-c%15ccc%16ccccc%16c%15)c%14)cc%13)cc%12)cccc%11c%10c9)ccc8c7)c6)cc5)c5ccc(-c6cccc7c6sc6ccccc67)cc5)cc4)cccc3c2CC1. The van der Waals surface area contributed by atoms with Gasteiger partial charge in [0.25, 0.3) is 0 Å². The molecule has 1 aliphatic carbocycles. The summed E-state index contributed by atoms with van der Waals surface area (Å²) in [6.07, 6.45) is 6.84. The normalized spacial score (nSPS) is 12.1. The summed E-state index contributed by atoms with van der Waals surface area (Å²) in [5.74, 6) is 0. The molecule has 0 unspecified atom stereocenters. The van der Waals surface area contributed by atoms with Crippen LogP contribution < -0.4 is 9.80 Å². The zero-order chi connectivity index (χ0) is 88.3. The molecule has 134 heavy (non-hydrogen) atoms. The third-order valence-corrected chi connectivity index (χ3v) is 31.2. The smallest absolute Gasteiger partial charge is 0.0541 e. The molecule has 25 aromatic rings. The number of aromatic nitrogens is 1. The topological polar surface area (TPSA) is 11.4 Å². The van der Waals surface area contributed by atoms with Gasteiger partial charge in [-0.1, -0.05) is 334 Å². The molecule has 4 heterocycles. The first kappa shape index (κ1) is 78.7. The van der Waals surface area contributed by atoms with Gasteiger partial charge in [-0.05, 0) is 297 Å². The number of nitrogens with zero attached hydrogens (tertiary/aromatic N) is 3. The first-order valence-corrected chi connectivity index (χ1v) is 48.5. The van der Waals surface area contributed by atoms with Crippen molar-refractivity contribution in [3.63, 3.8) is 0 Å². The first-order valence-electron chi connectivity index (χ1n) is 46.1. The number of benzene rings is 21. The molecule has 628 valence electrons. The van der Waals surface area contributed by atoms with Gasteiger partial charge in [0.2, 0.25) is 0 Å². The molecule has 0 spiro atoms. The van der Waals surface area contributed by atoms with Crippen molar-refractivity contribution in [2.45, 2.75) is 12.8 Å². The lowest BCUT2D eigenvalue weighted by Gasteiger charge is -2.26. The highest BCUT2D eigenvalue weighted by atomic mass is 32.1. The zero-order valence-electron chi connectivity index (χ0n) is 73.1. The second-order valence-electron chi connectivity index (χ2n) is 35.3. The van der Waals surface area contributed by atoms with Gasteiger partial charge in [0, 0.05) is 100 Å². The van der Waals surface area contributed by atoms with Gasteiger partial charge in [0.15, 0.2) is 0 Å². The van der Waals surface area contributed by atoms with Crippen LogP contribution in [0, 0.1) is 0 Å². The maximum Gasteiger partial charge on any atom is 0.0541 e. The molecule has 4 aromatic heterocycles. The minimum Gasteiger partial charge on any atom is -0.311 e. The molecule has 0 bridgehead atoms. The van der Waals surface area contributed by atoms with Crippen molar-refractivity contribution in [1.82, 2.24) is 4.57 Å². The molecule has 21 aromatic carbocycles. The Bertz CT molecular complexity index is 8910. The van der Waals surface area contributed by atoms with Crippen molar-refractivity contribution >= 4 is 168 Å². The maximum absolute atomic E-state index is 2.42. The predicted octanol–water partition coefficient (Wildman–Crippen LogP) is 37.6. The van der Waals surface area contributed by atoms with E-state index in [0.29, 0.717) is 0 Å². The number of thiophene rings is 3. The highest BCUT2D eigenvalue weighted by molar-refractivity contribution is 7.26. The first-order chi connectivity index (χ1) is 66.4. The average Bonchev–Trinajstić information content (AvgIpc) is 1.64. The average molecular weight is 1760 g/mol. The van der Waals surface area contributed by atoms with E-state index in [2.05, 4.69) is 494 Å². The van der Waals surface area contributed by atoms with Gasteiger partial charge in [-0.25, -0.2) is 0 Å². The van der Waals surface area contributed by atoms with Crippen molar-refractivity contribution in [2.24, 2.45) is 0 Å². The fraction of sp³-hybridized carbons (Fsp3) is 0.0156. The molecule has 0 atom stereocenters. The van der Waals surface area contributed by atoms with E-state index in [1.807, 2.05) is 34.0 Å². The monoisotopic (exact) mass is 1760 g/mol. The number of aryl methyl sites for hydroxylation is 1.